The Labute approximate surface area is 356 Å². The molecule has 2 aliphatic rings. The molecule has 9 aromatic carbocycles. The van der Waals surface area contributed by atoms with Gasteiger partial charge < -0.3 is 5.73 Å². The van der Waals surface area contributed by atoms with Crippen LogP contribution in [-0.2, 0) is 0 Å². The number of rotatable bonds is 6. The average molecular weight is 802 g/mol. The number of hydrogen-bond acceptors (Lipinski definition) is 5. The minimum absolute atomic E-state index is 0.272. The van der Waals surface area contributed by atoms with Crippen molar-refractivity contribution in [2.75, 3.05) is 15.5 Å². The number of hydrogen-bond donors (Lipinski definition) is 1. The van der Waals surface area contributed by atoms with E-state index in [1.807, 2.05) is 140 Å². The third-order valence-electron chi connectivity index (χ3n) is 12.2. The van der Waals surface area contributed by atoms with E-state index < -0.39 is 23.6 Å². The van der Waals surface area contributed by atoms with Crippen molar-refractivity contribution in [3.05, 3.63) is 210 Å². The van der Waals surface area contributed by atoms with Gasteiger partial charge in [0.15, 0.2) is 0 Å². The van der Waals surface area contributed by atoms with Gasteiger partial charge in [0.25, 0.3) is 23.6 Å². The summed E-state index contributed by atoms with van der Waals surface area (Å²) in [5.41, 5.74) is 15.3. The molecule has 0 aliphatic carbocycles. The number of anilines is 3. The van der Waals surface area contributed by atoms with Crippen molar-refractivity contribution in [2.24, 2.45) is 0 Å². The van der Waals surface area contributed by atoms with Gasteiger partial charge >= 0.3 is 0 Å². The van der Waals surface area contributed by atoms with E-state index in [1.165, 1.54) is 9.80 Å². The molecule has 0 atom stereocenters. The minimum Gasteiger partial charge on any atom is -0.399 e. The number of aryl methyl sites for hydroxylation is 1. The lowest BCUT2D eigenvalue weighted by atomic mass is 9.90. The topological polar surface area (TPSA) is 101 Å². The van der Waals surface area contributed by atoms with E-state index in [2.05, 4.69) is 0 Å². The van der Waals surface area contributed by atoms with Gasteiger partial charge in [0.1, 0.15) is 0 Å². The molecule has 7 heteroatoms. The summed E-state index contributed by atoms with van der Waals surface area (Å²) in [6.07, 6.45) is 0. The molecule has 2 heterocycles. The first-order valence-electron chi connectivity index (χ1n) is 20.4. The molecule has 4 amide bonds. The molecule has 0 fully saturated rings. The fraction of sp³-hybridized carbons (Fsp3) is 0.0182. The van der Waals surface area contributed by atoms with Crippen molar-refractivity contribution in [3.63, 3.8) is 0 Å². The Bertz CT molecular complexity index is 3170. The maximum absolute atomic E-state index is 14.9. The first-order chi connectivity index (χ1) is 30.2. The van der Waals surface area contributed by atoms with E-state index in [9.17, 15) is 19.2 Å². The summed E-state index contributed by atoms with van der Waals surface area (Å²) < 4.78 is 0. The van der Waals surface area contributed by atoms with Crippen LogP contribution in [0.15, 0.2) is 182 Å². The van der Waals surface area contributed by atoms with E-state index in [0.29, 0.717) is 39.3 Å². The second kappa shape index (κ2) is 14.1. The van der Waals surface area contributed by atoms with Crippen LogP contribution in [0.1, 0.15) is 47.0 Å². The predicted molar refractivity (Wildman–Crippen MR) is 248 cm³/mol. The summed E-state index contributed by atoms with van der Waals surface area (Å²) >= 11 is 0. The third kappa shape index (κ3) is 5.74. The maximum Gasteiger partial charge on any atom is 0.266 e. The van der Waals surface area contributed by atoms with E-state index in [0.717, 1.165) is 60.5 Å². The number of nitrogens with zero attached hydrogens (tertiary/aromatic N) is 2. The van der Waals surface area contributed by atoms with Gasteiger partial charge in [-0.25, -0.2) is 9.80 Å². The van der Waals surface area contributed by atoms with E-state index in [-0.39, 0.29) is 11.1 Å². The minimum atomic E-state index is -0.482. The summed E-state index contributed by atoms with van der Waals surface area (Å²) in [6, 6.07) is 57.2. The van der Waals surface area contributed by atoms with E-state index in [1.54, 1.807) is 48.5 Å². The Morgan fingerprint density at radius 2 is 0.726 bits per heavy atom. The van der Waals surface area contributed by atoms with Crippen LogP contribution in [0.5, 0.6) is 0 Å². The van der Waals surface area contributed by atoms with Crippen LogP contribution in [0.4, 0.5) is 17.1 Å². The lowest BCUT2D eigenvalue weighted by Gasteiger charge is -2.26. The molecule has 9 aromatic rings. The highest BCUT2D eigenvalue weighted by molar-refractivity contribution is 6.38. The second-order valence-electron chi connectivity index (χ2n) is 15.8. The number of amides is 4. The predicted octanol–water partition coefficient (Wildman–Crippen LogP) is 12.2. The van der Waals surface area contributed by atoms with Crippen molar-refractivity contribution in [3.8, 4) is 44.5 Å². The monoisotopic (exact) mass is 801 g/mol. The summed E-state index contributed by atoms with van der Waals surface area (Å²) in [4.78, 5) is 61.8. The standard InChI is InChI=1S/C55H35N3O4/c1-32-16-18-33(19-17-32)37-22-26-44-48(28-37)54(61)57(52(44)59)50-30-47(43-15-7-11-36-9-3-5-13-41(36)43)51(31-46(50)42-14-6-10-35-8-2-4-12-40(35)42)58-53(60)45-27-23-38(29-49(45)55(58)62)34-20-24-39(56)25-21-34/h2-31H,56H2,1H3. The Morgan fingerprint density at radius 3 is 1.19 bits per heavy atom. The zero-order valence-corrected chi connectivity index (χ0v) is 33.4. The molecule has 7 nitrogen and oxygen atoms in total. The highest BCUT2D eigenvalue weighted by Crippen LogP contribution is 2.48. The molecule has 0 saturated carbocycles. The molecule has 2 N–H and O–H groups in total. The van der Waals surface area contributed by atoms with E-state index in [4.69, 9.17) is 5.73 Å². The molecule has 0 unspecified atom stereocenters. The number of benzene rings is 9. The van der Waals surface area contributed by atoms with Crippen LogP contribution in [0, 0.1) is 6.92 Å². The van der Waals surface area contributed by atoms with Gasteiger partial charge in [-0.15, -0.1) is 0 Å². The molecule has 294 valence electrons. The lowest BCUT2D eigenvalue weighted by molar-refractivity contribution is 0.0909. The number of nitrogen functional groups attached to an aromatic ring is 1. The molecule has 62 heavy (non-hydrogen) atoms. The van der Waals surface area contributed by atoms with Crippen molar-refractivity contribution < 1.29 is 19.2 Å². The van der Waals surface area contributed by atoms with Crippen LogP contribution in [-0.4, -0.2) is 23.6 Å². The van der Waals surface area contributed by atoms with Crippen LogP contribution >= 0.6 is 0 Å². The van der Waals surface area contributed by atoms with Crippen LogP contribution < -0.4 is 15.5 Å². The quantitative estimate of drug-likeness (QED) is 0.133. The molecule has 2 aliphatic heterocycles. The van der Waals surface area contributed by atoms with Gasteiger partial charge in [0.2, 0.25) is 0 Å². The van der Waals surface area contributed by atoms with Gasteiger partial charge in [-0.1, -0.05) is 139 Å². The Hall–Kier alpha value is -8.42. The third-order valence-corrected chi connectivity index (χ3v) is 12.2. The molecule has 0 spiro atoms. The number of carbonyl (C=O) groups is 4. The van der Waals surface area contributed by atoms with Crippen LogP contribution in [0.2, 0.25) is 0 Å². The molecule has 0 radical (unpaired) electrons. The fourth-order valence-corrected chi connectivity index (χ4v) is 9.00. The summed E-state index contributed by atoms with van der Waals surface area (Å²) in [6.45, 7) is 2.02. The first kappa shape index (κ1) is 36.6. The van der Waals surface area contributed by atoms with Gasteiger partial charge in [0, 0.05) is 16.8 Å². The number of carbonyl (C=O) groups excluding carboxylic acids is 4. The Balaban J connectivity index is 1.16. The highest BCUT2D eigenvalue weighted by Gasteiger charge is 2.42. The number of fused-ring (bicyclic) bond motifs is 4. The SMILES string of the molecule is Cc1ccc(-c2ccc3c(c2)C(=O)N(c2cc(-c4cccc5ccccc45)c(N4C(=O)c5ccc(-c6ccc(N)cc6)cc5C4=O)cc2-c2cccc4ccccc24)C3=O)cc1. The van der Waals surface area contributed by atoms with Crippen molar-refractivity contribution in [2.45, 2.75) is 6.92 Å². The maximum atomic E-state index is 14.9. The number of imide groups is 2. The van der Waals surface area contributed by atoms with Gasteiger partial charge in [-0.2, -0.15) is 0 Å². The molecule has 0 aromatic heterocycles. The molecular weight excluding hydrogens is 767 g/mol. The molecular formula is C55H35N3O4. The van der Waals surface area contributed by atoms with Gasteiger partial charge in [-0.05, 0) is 110 Å². The zero-order chi connectivity index (χ0) is 42.2. The number of nitrogens with two attached hydrogens (primary N) is 1. The smallest absolute Gasteiger partial charge is 0.266 e. The fourth-order valence-electron chi connectivity index (χ4n) is 9.00. The summed E-state index contributed by atoms with van der Waals surface area (Å²) in [5, 5.41) is 3.62. The van der Waals surface area contributed by atoms with Crippen molar-refractivity contribution >= 4 is 62.2 Å². The van der Waals surface area contributed by atoms with Crippen molar-refractivity contribution in [1.29, 1.82) is 0 Å². The Kier molecular flexibility index (Phi) is 8.34. The second-order valence-corrected chi connectivity index (χ2v) is 15.8. The highest BCUT2D eigenvalue weighted by atomic mass is 16.2. The van der Waals surface area contributed by atoms with Crippen LogP contribution in [0.3, 0.4) is 0 Å². The molecule has 0 saturated heterocycles. The van der Waals surface area contributed by atoms with Gasteiger partial charge in [-0.3, -0.25) is 19.2 Å². The van der Waals surface area contributed by atoms with E-state index >= 15 is 0 Å². The van der Waals surface area contributed by atoms with Crippen LogP contribution in [0.25, 0.3) is 66.1 Å². The Morgan fingerprint density at radius 1 is 0.339 bits per heavy atom. The molecule has 11 rings (SSSR count). The largest absolute Gasteiger partial charge is 0.399 e. The zero-order valence-electron chi connectivity index (χ0n) is 33.4. The normalized spacial score (nSPS) is 13.4. The lowest BCUT2D eigenvalue weighted by Crippen LogP contribution is -2.32. The first-order valence-corrected chi connectivity index (χ1v) is 20.4. The van der Waals surface area contributed by atoms with Crippen molar-refractivity contribution in [1.82, 2.24) is 0 Å². The van der Waals surface area contributed by atoms with Gasteiger partial charge in [0.05, 0.1) is 33.6 Å². The average Bonchev–Trinajstić information content (AvgIpc) is 3.71. The summed E-state index contributed by atoms with van der Waals surface area (Å²) in [7, 11) is 0. The summed E-state index contributed by atoms with van der Waals surface area (Å²) in [5.74, 6) is -1.89. The molecule has 0 bridgehead atoms.